The number of ether oxygens (including phenoxy) is 4. The van der Waals surface area contributed by atoms with E-state index in [1.54, 1.807) is 0 Å². The van der Waals surface area contributed by atoms with Crippen molar-refractivity contribution in [2.75, 3.05) is 33.0 Å². The zero-order valence-corrected chi connectivity index (χ0v) is 32.3. The molecule has 2 aromatic heterocycles. The van der Waals surface area contributed by atoms with Crippen LogP contribution in [0.25, 0.3) is 22.6 Å². The van der Waals surface area contributed by atoms with Gasteiger partial charge in [-0.3, -0.25) is 0 Å². The summed E-state index contributed by atoms with van der Waals surface area (Å²) in [5, 5.41) is 7.01. The van der Waals surface area contributed by atoms with E-state index in [1.807, 2.05) is 65.8 Å². The number of benzene rings is 1. The summed E-state index contributed by atoms with van der Waals surface area (Å²) >= 11 is 0. The average molecular weight is 697 g/mol. The number of carbonyl (C=O) groups is 1. The fourth-order valence-electron chi connectivity index (χ4n) is 5.25. The molecule has 270 valence electrons. The number of aromatic nitrogens is 3. The maximum absolute atomic E-state index is 12.3. The molecule has 1 amide bonds. The SMILES string of the molecule is Cc1noc(C)c1-c1nc(-c2cccc(OCC(CCOC(=O)NC(C)(C)C)O[Si](C)(C)C(C)(C)C)c2)nc(OCC2CCOCC2)c1C. The minimum absolute atomic E-state index is 0.00186. The molecule has 0 aliphatic carbocycles. The van der Waals surface area contributed by atoms with Crippen molar-refractivity contribution < 1.29 is 32.7 Å². The zero-order valence-electron chi connectivity index (χ0n) is 31.3. The lowest BCUT2D eigenvalue weighted by molar-refractivity contribution is 0.0489. The number of nitrogens with zero attached hydrogens (tertiary/aromatic N) is 3. The molecule has 3 heterocycles. The van der Waals surface area contributed by atoms with Gasteiger partial charge in [0.2, 0.25) is 5.88 Å². The van der Waals surface area contributed by atoms with E-state index in [0.717, 1.165) is 54.1 Å². The summed E-state index contributed by atoms with van der Waals surface area (Å²) in [6.45, 7) is 25.1. The average Bonchev–Trinajstić information content (AvgIpc) is 3.35. The highest BCUT2D eigenvalue weighted by Gasteiger charge is 2.39. The van der Waals surface area contributed by atoms with Crippen molar-refractivity contribution in [2.24, 2.45) is 5.92 Å². The largest absolute Gasteiger partial charge is 0.491 e. The van der Waals surface area contributed by atoms with E-state index >= 15 is 0 Å². The molecule has 1 atom stereocenters. The van der Waals surface area contributed by atoms with Crippen molar-refractivity contribution in [2.45, 2.75) is 111 Å². The minimum Gasteiger partial charge on any atom is -0.491 e. The Balaban J connectivity index is 1.57. The van der Waals surface area contributed by atoms with Gasteiger partial charge in [0.05, 0.1) is 36.3 Å². The Labute approximate surface area is 292 Å². The van der Waals surface area contributed by atoms with Crippen LogP contribution in [-0.4, -0.2) is 74.2 Å². The molecule has 0 radical (unpaired) electrons. The van der Waals surface area contributed by atoms with E-state index < -0.39 is 14.4 Å². The van der Waals surface area contributed by atoms with Crippen LogP contribution in [0.1, 0.15) is 77.8 Å². The maximum atomic E-state index is 12.3. The number of nitrogens with one attached hydrogen (secondary N) is 1. The molecule has 0 saturated carbocycles. The zero-order chi connectivity index (χ0) is 36.0. The van der Waals surface area contributed by atoms with E-state index in [-0.39, 0.29) is 23.3 Å². The highest BCUT2D eigenvalue weighted by Crippen LogP contribution is 2.38. The number of alkyl carbamates (subject to hydrolysis) is 1. The predicted octanol–water partition coefficient (Wildman–Crippen LogP) is 8.21. The quantitative estimate of drug-likeness (QED) is 0.175. The Morgan fingerprint density at radius 2 is 1.76 bits per heavy atom. The van der Waals surface area contributed by atoms with Crippen molar-refractivity contribution in [3.8, 4) is 34.3 Å². The van der Waals surface area contributed by atoms with Crippen molar-refractivity contribution in [3.63, 3.8) is 0 Å². The molecule has 1 fully saturated rings. The van der Waals surface area contributed by atoms with Gasteiger partial charge in [0.15, 0.2) is 14.1 Å². The molecule has 11 nitrogen and oxygen atoms in total. The minimum atomic E-state index is -2.15. The second-order valence-electron chi connectivity index (χ2n) is 15.5. The highest BCUT2D eigenvalue weighted by atomic mass is 28.4. The van der Waals surface area contributed by atoms with E-state index in [2.05, 4.69) is 44.3 Å². The summed E-state index contributed by atoms with van der Waals surface area (Å²) < 4.78 is 36.0. The maximum Gasteiger partial charge on any atom is 0.407 e. The summed E-state index contributed by atoms with van der Waals surface area (Å²) in [5.41, 5.74) is 3.56. The molecule has 49 heavy (non-hydrogen) atoms. The molecular formula is C37H56N4O7Si. The molecular weight excluding hydrogens is 641 g/mol. The van der Waals surface area contributed by atoms with Crippen LogP contribution < -0.4 is 14.8 Å². The third-order valence-corrected chi connectivity index (χ3v) is 13.6. The summed E-state index contributed by atoms with van der Waals surface area (Å²) in [6, 6.07) is 7.73. The van der Waals surface area contributed by atoms with Crippen LogP contribution in [0.2, 0.25) is 18.1 Å². The summed E-state index contributed by atoms with van der Waals surface area (Å²) in [5.74, 6) is 2.80. The Morgan fingerprint density at radius 3 is 2.39 bits per heavy atom. The number of carbonyl (C=O) groups excluding carboxylic acids is 1. The molecule has 4 rings (SSSR count). The van der Waals surface area contributed by atoms with Crippen LogP contribution in [0, 0.1) is 26.7 Å². The monoisotopic (exact) mass is 696 g/mol. The van der Waals surface area contributed by atoms with Crippen molar-refractivity contribution in [3.05, 3.63) is 41.3 Å². The van der Waals surface area contributed by atoms with Gasteiger partial charge < -0.3 is 33.2 Å². The lowest BCUT2D eigenvalue weighted by atomic mass is 10.0. The first kappa shape index (κ1) is 38.3. The molecule has 1 saturated heterocycles. The van der Waals surface area contributed by atoms with Gasteiger partial charge >= 0.3 is 6.09 Å². The Kier molecular flexibility index (Phi) is 12.5. The van der Waals surface area contributed by atoms with Crippen LogP contribution in [0.3, 0.4) is 0 Å². The van der Waals surface area contributed by atoms with Gasteiger partial charge in [0, 0.05) is 36.3 Å². The molecule has 1 aliphatic heterocycles. The smallest absolute Gasteiger partial charge is 0.407 e. The van der Waals surface area contributed by atoms with E-state index in [9.17, 15) is 4.79 Å². The lowest BCUT2D eigenvalue weighted by Gasteiger charge is -2.39. The van der Waals surface area contributed by atoms with E-state index in [0.29, 0.717) is 48.8 Å². The normalized spacial score (nSPS) is 15.2. The standard InChI is InChI=1S/C37H56N4O7Si/c1-24-32(31-25(2)41-47-26(31)3)38-33(39-34(24)46-22-27-15-18-43-19-16-27)28-13-12-14-29(21-28)45-23-30(48-49(10,11)37(7,8)9)17-20-44-35(42)40-36(4,5)6/h12-14,21,27,30H,15-20,22-23H2,1-11H3,(H,40,42). The van der Waals surface area contributed by atoms with Crippen molar-refractivity contribution >= 4 is 14.4 Å². The second kappa shape index (κ2) is 16.0. The topological polar surface area (TPSA) is 127 Å². The second-order valence-corrected chi connectivity index (χ2v) is 20.3. The Bertz CT molecular complexity index is 1540. The van der Waals surface area contributed by atoms with Crippen LogP contribution in [-0.2, 0) is 13.9 Å². The van der Waals surface area contributed by atoms with E-state index in [1.165, 1.54) is 0 Å². The van der Waals surface area contributed by atoms with Crippen molar-refractivity contribution in [1.29, 1.82) is 0 Å². The van der Waals surface area contributed by atoms with Gasteiger partial charge in [0.25, 0.3) is 0 Å². The molecule has 1 aromatic carbocycles. The first-order valence-electron chi connectivity index (χ1n) is 17.3. The van der Waals surface area contributed by atoms with Crippen LogP contribution in [0.15, 0.2) is 28.8 Å². The number of rotatable bonds is 13. The van der Waals surface area contributed by atoms with Gasteiger partial charge in [0.1, 0.15) is 18.1 Å². The van der Waals surface area contributed by atoms with Crippen molar-refractivity contribution in [1.82, 2.24) is 20.4 Å². The predicted molar refractivity (Wildman–Crippen MR) is 193 cm³/mol. The number of aryl methyl sites for hydroxylation is 2. The first-order chi connectivity index (χ1) is 22.9. The van der Waals surface area contributed by atoms with Gasteiger partial charge in [-0.05, 0) is 90.6 Å². The fourth-order valence-corrected chi connectivity index (χ4v) is 6.62. The summed E-state index contributed by atoms with van der Waals surface area (Å²) in [6.07, 6.45) is 1.70. The molecule has 1 N–H and O–H groups in total. The third-order valence-electron chi connectivity index (χ3n) is 9.11. The summed E-state index contributed by atoms with van der Waals surface area (Å²) in [7, 11) is -2.15. The molecule has 1 aliphatic rings. The lowest BCUT2D eigenvalue weighted by Crippen LogP contribution is -2.46. The molecule has 12 heteroatoms. The number of hydrogen-bond donors (Lipinski definition) is 1. The molecule has 0 spiro atoms. The highest BCUT2D eigenvalue weighted by molar-refractivity contribution is 6.74. The van der Waals surface area contributed by atoms with E-state index in [4.69, 9.17) is 37.9 Å². The number of hydrogen-bond acceptors (Lipinski definition) is 10. The Morgan fingerprint density at radius 1 is 1.04 bits per heavy atom. The third kappa shape index (κ3) is 10.8. The van der Waals surface area contributed by atoms with Crippen LogP contribution in [0.4, 0.5) is 4.79 Å². The molecule has 1 unspecified atom stereocenters. The molecule has 0 bridgehead atoms. The van der Waals surface area contributed by atoms with Gasteiger partial charge in [-0.15, -0.1) is 0 Å². The van der Waals surface area contributed by atoms with Gasteiger partial charge in [-0.25, -0.2) is 9.78 Å². The van der Waals surface area contributed by atoms with Crippen LogP contribution >= 0.6 is 0 Å². The van der Waals surface area contributed by atoms with Gasteiger partial charge in [-0.1, -0.05) is 38.1 Å². The summed E-state index contributed by atoms with van der Waals surface area (Å²) in [4.78, 5) is 22.2. The number of amides is 1. The van der Waals surface area contributed by atoms with Gasteiger partial charge in [-0.2, -0.15) is 4.98 Å². The Hall–Kier alpha value is -3.48. The fraction of sp³-hybridized carbons (Fsp3) is 0.622. The van der Waals surface area contributed by atoms with Crippen LogP contribution in [0.5, 0.6) is 11.6 Å². The molecule has 3 aromatic rings. The first-order valence-corrected chi connectivity index (χ1v) is 20.2.